The Morgan fingerprint density at radius 2 is 2.35 bits per heavy atom. The highest BCUT2D eigenvalue weighted by Crippen LogP contribution is 2.27. The smallest absolute Gasteiger partial charge is 0.241 e. The van der Waals surface area contributed by atoms with Crippen LogP contribution in [0, 0.1) is 0 Å². The predicted molar refractivity (Wildman–Crippen MR) is 71.1 cm³/mol. The van der Waals surface area contributed by atoms with Gasteiger partial charge in [-0.05, 0) is 24.5 Å². The van der Waals surface area contributed by atoms with Crippen molar-refractivity contribution in [3.63, 3.8) is 0 Å². The van der Waals surface area contributed by atoms with E-state index in [4.69, 9.17) is 17.3 Å². The zero-order valence-electron chi connectivity index (χ0n) is 9.03. The number of H-pyrrole nitrogens is 1. The Hall–Kier alpha value is -1.46. The molecule has 1 amide bonds. The van der Waals surface area contributed by atoms with E-state index in [1.807, 2.05) is 12.3 Å². The summed E-state index contributed by atoms with van der Waals surface area (Å²) in [6.07, 6.45) is 4.78. The fourth-order valence-electron chi connectivity index (χ4n) is 1.47. The van der Waals surface area contributed by atoms with Crippen LogP contribution in [0.4, 0.5) is 0 Å². The summed E-state index contributed by atoms with van der Waals surface area (Å²) >= 11 is 7.58. The van der Waals surface area contributed by atoms with Crippen LogP contribution in [0.2, 0.25) is 5.02 Å². The molecule has 0 fully saturated rings. The molecule has 2 aromatic rings. The zero-order chi connectivity index (χ0) is 12.4. The number of carbonyl (C=O) groups excluding carboxylic acids is 1. The van der Waals surface area contributed by atoms with Gasteiger partial charge >= 0.3 is 0 Å². The van der Waals surface area contributed by atoms with Gasteiger partial charge in [-0.3, -0.25) is 4.79 Å². The molecule has 0 aliphatic heterocycles. The maximum absolute atomic E-state index is 10.7. The van der Waals surface area contributed by atoms with Gasteiger partial charge in [0.25, 0.3) is 0 Å². The number of thioether (sulfide) groups is 1. The number of nitrogens with zero attached hydrogens (tertiary/aromatic N) is 1. The van der Waals surface area contributed by atoms with E-state index in [1.54, 1.807) is 12.1 Å². The van der Waals surface area contributed by atoms with Gasteiger partial charge in [-0.25, -0.2) is 4.98 Å². The van der Waals surface area contributed by atoms with Crippen LogP contribution < -0.4 is 5.73 Å². The van der Waals surface area contributed by atoms with Gasteiger partial charge in [-0.15, -0.1) is 0 Å². The molecule has 0 atom stereocenters. The SMILES string of the molecule is CSc1nc2c(/C=C/C(N)=O)c(Cl)ccc2[nH]1. The van der Waals surface area contributed by atoms with Crippen molar-refractivity contribution in [3.8, 4) is 0 Å². The van der Waals surface area contributed by atoms with E-state index in [-0.39, 0.29) is 0 Å². The van der Waals surface area contributed by atoms with Crippen molar-refractivity contribution in [3.05, 3.63) is 28.8 Å². The minimum Gasteiger partial charge on any atom is -0.366 e. The van der Waals surface area contributed by atoms with Crippen LogP contribution in [0.3, 0.4) is 0 Å². The Balaban J connectivity index is 2.62. The molecule has 0 bridgehead atoms. The lowest BCUT2D eigenvalue weighted by Gasteiger charge is -1.98. The van der Waals surface area contributed by atoms with Crippen LogP contribution in [-0.2, 0) is 4.79 Å². The van der Waals surface area contributed by atoms with Gasteiger partial charge in [-0.2, -0.15) is 0 Å². The maximum Gasteiger partial charge on any atom is 0.241 e. The number of hydrogen-bond donors (Lipinski definition) is 2. The fourth-order valence-corrected chi connectivity index (χ4v) is 2.08. The molecule has 1 aromatic carbocycles. The first-order chi connectivity index (χ1) is 8.11. The summed E-state index contributed by atoms with van der Waals surface area (Å²) in [7, 11) is 0. The first-order valence-corrected chi connectivity index (χ1v) is 6.42. The van der Waals surface area contributed by atoms with Gasteiger partial charge < -0.3 is 10.7 Å². The van der Waals surface area contributed by atoms with Crippen molar-refractivity contribution in [2.24, 2.45) is 5.73 Å². The number of fused-ring (bicyclic) bond motifs is 1. The number of nitrogens with one attached hydrogen (secondary N) is 1. The molecule has 3 N–H and O–H groups in total. The molecule has 0 spiro atoms. The van der Waals surface area contributed by atoms with Crippen LogP contribution in [0.5, 0.6) is 0 Å². The molecule has 6 heteroatoms. The standard InChI is InChI=1S/C11H10ClN3OS/c1-17-11-14-8-4-3-7(12)6(10(8)15-11)2-5-9(13)16/h2-5H,1H3,(H2,13,16)(H,14,15)/b5-2+. The fraction of sp³-hybridized carbons (Fsp3) is 0.0909. The van der Waals surface area contributed by atoms with Gasteiger partial charge in [0.1, 0.15) is 0 Å². The third kappa shape index (κ3) is 2.45. The van der Waals surface area contributed by atoms with Crippen molar-refractivity contribution in [2.75, 3.05) is 6.26 Å². The van der Waals surface area contributed by atoms with Gasteiger partial charge in [0, 0.05) is 11.6 Å². The van der Waals surface area contributed by atoms with E-state index >= 15 is 0 Å². The third-order valence-corrected chi connectivity index (χ3v) is 3.14. The number of aromatic amines is 1. The Labute approximate surface area is 107 Å². The van der Waals surface area contributed by atoms with Crippen molar-refractivity contribution >= 4 is 46.4 Å². The molecular formula is C11H10ClN3OS. The summed E-state index contributed by atoms with van der Waals surface area (Å²) in [5.74, 6) is -0.515. The average Bonchev–Trinajstić information content (AvgIpc) is 2.70. The van der Waals surface area contributed by atoms with Crippen LogP contribution in [-0.4, -0.2) is 22.1 Å². The molecule has 0 aliphatic carbocycles. The molecule has 1 heterocycles. The molecule has 1 aromatic heterocycles. The minimum absolute atomic E-state index is 0.515. The van der Waals surface area contributed by atoms with E-state index in [0.717, 1.165) is 16.2 Å². The number of hydrogen-bond acceptors (Lipinski definition) is 3. The Bertz CT molecular complexity index is 606. The molecule has 2 rings (SSSR count). The topological polar surface area (TPSA) is 71.8 Å². The number of carbonyl (C=O) groups is 1. The van der Waals surface area contributed by atoms with Crippen molar-refractivity contribution in [1.29, 1.82) is 0 Å². The number of amides is 1. The van der Waals surface area contributed by atoms with E-state index in [2.05, 4.69) is 9.97 Å². The molecular weight excluding hydrogens is 258 g/mol. The van der Waals surface area contributed by atoms with Gasteiger partial charge in [0.15, 0.2) is 5.16 Å². The second kappa shape index (κ2) is 4.81. The number of imidazole rings is 1. The number of primary amides is 1. The van der Waals surface area contributed by atoms with E-state index in [9.17, 15) is 4.79 Å². The Morgan fingerprint density at radius 3 is 3.00 bits per heavy atom. The highest BCUT2D eigenvalue weighted by Gasteiger charge is 2.08. The van der Waals surface area contributed by atoms with Crippen LogP contribution in [0.25, 0.3) is 17.1 Å². The van der Waals surface area contributed by atoms with Gasteiger partial charge in [0.2, 0.25) is 5.91 Å². The molecule has 0 aliphatic rings. The highest BCUT2D eigenvalue weighted by molar-refractivity contribution is 7.98. The first kappa shape index (κ1) is 12.0. The van der Waals surface area contributed by atoms with Crippen LogP contribution in [0.15, 0.2) is 23.4 Å². The normalized spacial score (nSPS) is 11.4. The lowest BCUT2D eigenvalue weighted by atomic mass is 10.1. The minimum atomic E-state index is -0.515. The maximum atomic E-state index is 10.7. The van der Waals surface area contributed by atoms with Crippen molar-refractivity contribution < 1.29 is 4.79 Å². The Morgan fingerprint density at radius 1 is 1.59 bits per heavy atom. The van der Waals surface area contributed by atoms with E-state index in [1.165, 1.54) is 17.8 Å². The molecule has 88 valence electrons. The molecule has 0 unspecified atom stereocenters. The van der Waals surface area contributed by atoms with E-state index < -0.39 is 5.91 Å². The zero-order valence-corrected chi connectivity index (χ0v) is 10.6. The summed E-state index contributed by atoms with van der Waals surface area (Å²) < 4.78 is 0. The largest absolute Gasteiger partial charge is 0.366 e. The quantitative estimate of drug-likeness (QED) is 0.663. The highest BCUT2D eigenvalue weighted by atomic mass is 35.5. The van der Waals surface area contributed by atoms with E-state index in [0.29, 0.717) is 10.6 Å². The summed E-state index contributed by atoms with van der Waals surface area (Å²) in [6.45, 7) is 0. The number of benzene rings is 1. The average molecular weight is 268 g/mol. The number of halogens is 1. The Kier molecular flexibility index (Phi) is 3.40. The van der Waals surface area contributed by atoms with Crippen molar-refractivity contribution in [2.45, 2.75) is 5.16 Å². The summed E-state index contributed by atoms with van der Waals surface area (Å²) in [5, 5.41) is 1.34. The molecule has 17 heavy (non-hydrogen) atoms. The third-order valence-electron chi connectivity index (χ3n) is 2.23. The van der Waals surface area contributed by atoms with Crippen LogP contribution >= 0.6 is 23.4 Å². The summed E-state index contributed by atoms with van der Waals surface area (Å²) in [4.78, 5) is 18.3. The first-order valence-electron chi connectivity index (χ1n) is 4.81. The lowest BCUT2D eigenvalue weighted by Crippen LogP contribution is -2.05. The summed E-state index contributed by atoms with van der Waals surface area (Å²) in [6, 6.07) is 3.61. The molecule has 0 saturated heterocycles. The number of nitrogens with two attached hydrogens (primary N) is 1. The second-order valence-corrected chi connectivity index (χ2v) is 4.54. The number of rotatable bonds is 3. The monoisotopic (exact) mass is 267 g/mol. The van der Waals surface area contributed by atoms with Gasteiger partial charge in [0.05, 0.1) is 16.1 Å². The summed E-state index contributed by atoms with van der Waals surface area (Å²) in [5.41, 5.74) is 7.37. The second-order valence-electron chi connectivity index (χ2n) is 3.34. The molecule has 0 radical (unpaired) electrons. The number of aromatic nitrogens is 2. The molecule has 0 saturated carbocycles. The van der Waals surface area contributed by atoms with Gasteiger partial charge in [-0.1, -0.05) is 23.4 Å². The van der Waals surface area contributed by atoms with Crippen molar-refractivity contribution in [1.82, 2.24) is 9.97 Å². The lowest BCUT2D eigenvalue weighted by molar-refractivity contribution is -0.113. The predicted octanol–water partition coefficient (Wildman–Crippen LogP) is 2.44. The van der Waals surface area contributed by atoms with Crippen LogP contribution in [0.1, 0.15) is 5.56 Å². The molecule has 4 nitrogen and oxygen atoms in total.